The molecule has 2 aromatic rings. The summed E-state index contributed by atoms with van der Waals surface area (Å²) in [5.74, 6) is 1.03. The number of hydrogen-bond acceptors (Lipinski definition) is 3. The average molecular weight is 359 g/mol. The van der Waals surface area contributed by atoms with E-state index in [4.69, 9.17) is 0 Å². The van der Waals surface area contributed by atoms with Crippen LogP contribution in [0.1, 0.15) is 36.3 Å². The van der Waals surface area contributed by atoms with Gasteiger partial charge in [-0.05, 0) is 49.5 Å². The maximum atomic E-state index is 13.7. The SMILES string of the molecule is O=C1[C@H]2CCCN3CCC4c5ccccc5N(C4[C@@H]23)N1Cc1ccccc1. The third-order valence-corrected chi connectivity index (χ3v) is 7.16. The minimum Gasteiger partial charge on any atom is -0.297 e. The molecule has 0 radical (unpaired) electrons. The molecular formula is C23H25N3O. The molecule has 0 N–H and O–H groups in total. The van der Waals surface area contributed by atoms with E-state index >= 15 is 0 Å². The molecule has 2 aromatic carbocycles. The first kappa shape index (κ1) is 15.7. The number of amides is 1. The Balaban J connectivity index is 1.48. The van der Waals surface area contributed by atoms with Crippen molar-refractivity contribution in [1.29, 1.82) is 0 Å². The van der Waals surface area contributed by atoms with Gasteiger partial charge < -0.3 is 0 Å². The summed E-state index contributed by atoms with van der Waals surface area (Å²) in [5, 5.41) is 4.46. The van der Waals surface area contributed by atoms with Crippen molar-refractivity contribution in [1.82, 2.24) is 9.91 Å². The predicted octanol–water partition coefficient (Wildman–Crippen LogP) is 3.40. The topological polar surface area (TPSA) is 26.8 Å². The number of carbonyl (C=O) groups is 1. The Morgan fingerprint density at radius 1 is 0.852 bits per heavy atom. The monoisotopic (exact) mass is 359 g/mol. The number of fused-ring (bicyclic) bond motifs is 3. The van der Waals surface area contributed by atoms with Crippen molar-refractivity contribution in [3.63, 3.8) is 0 Å². The molecule has 3 saturated heterocycles. The molecule has 0 aliphatic carbocycles. The van der Waals surface area contributed by atoms with E-state index in [1.807, 2.05) is 6.07 Å². The maximum absolute atomic E-state index is 13.7. The van der Waals surface area contributed by atoms with E-state index in [0.717, 1.165) is 25.9 Å². The number of hydrogen-bond donors (Lipinski definition) is 0. The van der Waals surface area contributed by atoms with Gasteiger partial charge in [-0.2, -0.15) is 0 Å². The van der Waals surface area contributed by atoms with Gasteiger partial charge in [0, 0.05) is 12.0 Å². The van der Waals surface area contributed by atoms with Crippen LogP contribution in [0.4, 0.5) is 5.69 Å². The normalized spacial score (nSPS) is 31.6. The molecule has 4 aliphatic heterocycles. The van der Waals surface area contributed by atoms with Crippen molar-refractivity contribution < 1.29 is 4.79 Å². The van der Waals surface area contributed by atoms with Crippen LogP contribution < -0.4 is 5.01 Å². The lowest BCUT2D eigenvalue weighted by atomic mass is 9.73. The number of hydrazine groups is 1. The first-order valence-corrected chi connectivity index (χ1v) is 10.3. The van der Waals surface area contributed by atoms with Crippen LogP contribution in [0.3, 0.4) is 0 Å². The van der Waals surface area contributed by atoms with Gasteiger partial charge >= 0.3 is 0 Å². The fourth-order valence-corrected chi connectivity index (χ4v) is 6.11. The number of piperidine rings is 2. The van der Waals surface area contributed by atoms with Crippen LogP contribution in [0.15, 0.2) is 54.6 Å². The number of carbonyl (C=O) groups excluding carboxylic acids is 1. The third-order valence-electron chi connectivity index (χ3n) is 7.16. The van der Waals surface area contributed by atoms with Crippen molar-refractivity contribution in [3.8, 4) is 0 Å². The molecule has 0 aromatic heterocycles. The Labute approximate surface area is 160 Å². The van der Waals surface area contributed by atoms with E-state index < -0.39 is 0 Å². The summed E-state index contributed by atoms with van der Waals surface area (Å²) in [5.41, 5.74) is 3.90. The first-order valence-electron chi connectivity index (χ1n) is 10.3. The van der Waals surface area contributed by atoms with Gasteiger partial charge in [-0.15, -0.1) is 0 Å². The van der Waals surface area contributed by atoms with E-state index in [2.05, 4.69) is 63.4 Å². The standard InChI is InChI=1S/C23H25N3O/c27-23-19-10-6-13-24-14-12-18-17-9-4-5-11-20(17)26(22(18)21(19)24)25(23)15-16-7-2-1-3-8-16/h1-5,7-9,11,18-19,21-22H,6,10,12-15H2/t18?,19-,21+,22?/m0/s1. The lowest BCUT2D eigenvalue weighted by Gasteiger charge is -2.57. The second-order valence-electron chi connectivity index (χ2n) is 8.45. The van der Waals surface area contributed by atoms with E-state index in [0.29, 0.717) is 30.5 Å². The number of para-hydroxylation sites is 1. The quantitative estimate of drug-likeness (QED) is 0.822. The highest BCUT2D eigenvalue weighted by Crippen LogP contribution is 2.53. The Kier molecular flexibility index (Phi) is 3.39. The van der Waals surface area contributed by atoms with Gasteiger partial charge in [-0.3, -0.25) is 14.7 Å². The summed E-state index contributed by atoms with van der Waals surface area (Å²) in [6.45, 7) is 2.96. The zero-order valence-corrected chi connectivity index (χ0v) is 15.5. The molecular weight excluding hydrogens is 334 g/mol. The number of benzene rings is 2. The Bertz CT molecular complexity index is 882. The van der Waals surface area contributed by atoms with Crippen molar-refractivity contribution in [3.05, 3.63) is 65.7 Å². The molecule has 3 fully saturated rings. The summed E-state index contributed by atoms with van der Waals surface area (Å²) >= 11 is 0. The first-order chi connectivity index (χ1) is 13.3. The highest BCUT2D eigenvalue weighted by molar-refractivity contribution is 5.85. The van der Waals surface area contributed by atoms with Gasteiger partial charge in [-0.1, -0.05) is 48.5 Å². The van der Waals surface area contributed by atoms with Crippen LogP contribution in [-0.4, -0.2) is 41.0 Å². The van der Waals surface area contributed by atoms with Crippen LogP contribution in [0.2, 0.25) is 0 Å². The Hall–Kier alpha value is -2.33. The van der Waals surface area contributed by atoms with Crippen LogP contribution in [-0.2, 0) is 11.3 Å². The van der Waals surface area contributed by atoms with Gasteiger partial charge in [0.05, 0.1) is 24.2 Å². The molecule has 0 saturated carbocycles. The molecule has 6 rings (SSSR count). The van der Waals surface area contributed by atoms with Crippen LogP contribution in [0, 0.1) is 5.92 Å². The summed E-state index contributed by atoms with van der Waals surface area (Å²) < 4.78 is 0. The lowest BCUT2D eigenvalue weighted by molar-refractivity contribution is -0.150. The van der Waals surface area contributed by atoms with Crippen molar-refractivity contribution >= 4 is 11.6 Å². The second-order valence-corrected chi connectivity index (χ2v) is 8.45. The number of anilines is 1. The molecule has 4 nitrogen and oxygen atoms in total. The third kappa shape index (κ3) is 2.16. The summed E-state index contributed by atoms with van der Waals surface area (Å²) in [6.07, 6.45) is 3.39. The summed E-state index contributed by atoms with van der Waals surface area (Å²) in [6, 6.07) is 20.0. The summed E-state index contributed by atoms with van der Waals surface area (Å²) in [4.78, 5) is 16.3. The van der Waals surface area contributed by atoms with E-state index in [-0.39, 0.29) is 5.92 Å². The van der Waals surface area contributed by atoms with Gasteiger partial charge in [0.15, 0.2) is 0 Å². The molecule has 0 spiro atoms. The maximum Gasteiger partial charge on any atom is 0.246 e. The molecule has 2 unspecified atom stereocenters. The number of rotatable bonds is 2. The van der Waals surface area contributed by atoms with E-state index in [9.17, 15) is 4.79 Å². The molecule has 4 atom stereocenters. The molecule has 27 heavy (non-hydrogen) atoms. The molecule has 4 aliphatic rings. The zero-order valence-electron chi connectivity index (χ0n) is 15.5. The van der Waals surface area contributed by atoms with Crippen LogP contribution in [0.5, 0.6) is 0 Å². The fourth-order valence-electron chi connectivity index (χ4n) is 6.11. The van der Waals surface area contributed by atoms with Gasteiger partial charge in [0.1, 0.15) is 0 Å². The fraction of sp³-hybridized carbons (Fsp3) is 0.435. The van der Waals surface area contributed by atoms with E-state index in [1.54, 1.807) is 0 Å². The van der Waals surface area contributed by atoms with Crippen molar-refractivity contribution in [2.45, 2.75) is 43.8 Å². The molecule has 0 bridgehead atoms. The van der Waals surface area contributed by atoms with E-state index in [1.165, 1.54) is 23.2 Å². The molecule has 4 heteroatoms. The zero-order chi connectivity index (χ0) is 18.0. The van der Waals surface area contributed by atoms with Crippen LogP contribution in [0.25, 0.3) is 0 Å². The Morgan fingerprint density at radius 3 is 2.56 bits per heavy atom. The Morgan fingerprint density at radius 2 is 1.67 bits per heavy atom. The summed E-state index contributed by atoms with van der Waals surface area (Å²) in [7, 11) is 0. The minimum absolute atomic E-state index is 0.154. The van der Waals surface area contributed by atoms with Gasteiger partial charge in [0.25, 0.3) is 0 Å². The van der Waals surface area contributed by atoms with Crippen molar-refractivity contribution in [2.75, 3.05) is 18.1 Å². The smallest absolute Gasteiger partial charge is 0.246 e. The second kappa shape index (κ2) is 5.83. The number of nitrogens with zero attached hydrogens (tertiary/aromatic N) is 3. The van der Waals surface area contributed by atoms with Gasteiger partial charge in [-0.25, -0.2) is 5.01 Å². The largest absolute Gasteiger partial charge is 0.297 e. The minimum atomic E-state index is 0.154. The molecule has 4 heterocycles. The van der Waals surface area contributed by atoms with Crippen molar-refractivity contribution in [2.24, 2.45) is 5.92 Å². The highest BCUT2D eigenvalue weighted by atomic mass is 16.2. The average Bonchev–Trinajstić information content (AvgIpc) is 3.06. The lowest BCUT2D eigenvalue weighted by Crippen LogP contribution is -2.71. The van der Waals surface area contributed by atoms with Crippen LogP contribution >= 0.6 is 0 Å². The predicted molar refractivity (Wildman–Crippen MR) is 105 cm³/mol. The molecule has 1 amide bonds. The van der Waals surface area contributed by atoms with Gasteiger partial charge in [0.2, 0.25) is 5.91 Å². The molecule has 138 valence electrons. The highest BCUT2D eigenvalue weighted by Gasteiger charge is 2.58.